The zero-order valence-corrected chi connectivity index (χ0v) is 10.4. The Morgan fingerprint density at radius 1 is 1.35 bits per heavy atom. The van der Waals surface area contributed by atoms with E-state index in [0.717, 1.165) is 32.9 Å². The van der Waals surface area contributed by atoms with Crippen molar-refractivity contribution in [1.29, 1.82) is 0 Å². The van der Waals surface area contributed by atoms with Gasteiger partial charge in [-0.3, -0.25) is 0 Å². The summed E-state index contributed by atoms with van der Waals surface area (Å²) >= 11 is 0. The third kappa shape index (κ3) is 4.11. The van der Waals surface area contributed by atoms with Crippen molar-refractivity contribution in [3.05, 3.63) is 35.5 Å². The van der Waals surface area contributed by atoms with Crippen LogP contribution in [0, 0.1) is 0 Å². The molecule has 1 saturated heterocycles. The molecule has 94 valence electrons. The fraction of sp³-hybridized carbons (Fsp3) is 0.571. The van der Waals surface area contributed by atoms with Crippen molar-refractivity contribution in [3.63, 3.8) is 0 Å². The van der Waals surface area contributed by atoms with Crippen LogP contribution < -0.4 is 5.32 Å². The fourth-order valence-corrected chi connectivity index (χ4v) is 1.99. The molecule has 2 aliphatic carbocycles. The molecule has 0 aromatic heterocycles. The van der Waals surface area contributed by atoms with E-state index in [1.165, 1.54) is 17.6 Å². The van der Waals surface area contributed by atoms with Crippen molar-refractivity contribution in [1.82, 2.24) is 5.32 Å². The quantitative estimate of drug-likeness (QED) is 0.809. The maximum absolute atomic E-state index is 5.39. The van der Waals surface area contributed by atoms with Gasteiger partial charge in [0.1, 0.15) is 0 Å². The molecule has 1 aliphatic heterocycles. The molecule has 0 spiro atoms. The van der Waals surface area contributed by atoms with Gasteiger partial charge in [-0.05, 0) is 24.5 Å². The second-order valence-electron chi connectivity index (χ2n) is 4.35. The summed E-state index contributed by atoms with van der Waals surface area (Å²) in [5.74, 6) is 0. The van der Waals surface area contributed by atoms with E-state index in [1.54, 1.807) is 0 Å². The molecule has 2 bridgehead atoms. The molecule has 1 N–H and O–H groups in total. The first-order valence-electron chi connectivity index (χ1n) is 6.36. The molecular formula is C14H21NO2. The molecule has 1 atom stereocenters. The summed E-state index contributed by atoms with van der Waals surface area (Å²) in [7, 11) is 0. The Labute approximate surface area is 103 Å². The summed E-state index contributed by atoms with van der Waals surface area (Å²) in [6.07, 6.45) is 10.2. The van der Waals surface area contributed by atoms with Crippen LogP contribution in [0.25, 0.3) is 0 Å². The Balaban J connectivity index is 0.000000134. The van der Waals surface area contributed by atoms with Crippen molar-refractivity contribution in [2.24, 2.45) is 0 Å². The zero-order valence-electron chi connectivity index (χ0n) is 10.4. The summed E-state index contributed by atoms with van der Waals surface area (Å²) in [5, 5.41) is 3.24. The first-order chi connectivity index (χ1) is 8.38. The highest BCUT2D eigenvalue weighted by molar-refractivity contribution is 5.49. The number of nitrogens with one attached hydrogen (secondary N) is 1. The smallest absolute Gasteiger partial charge is 0.0933 e. The summed E-state index contributed by atoms with van der Waals surface area (Å²) in [6, 6.07) is 0. The normalized spacial score (nSPS) is 25.1. The van der Waals surface area contributed by atoms with Crippen LogP contribution in [0.5, 0.6) is 0 Å². The van der Waals surface area contributed by atoms with Crippen LogP contribution in [0.4, 0.5) is 0 Å². The molecule has 1 heterocycles. The van der Waals surface area contributed by atoms with Gasteiger partial charge in [-0.25, -0.2) is 0 Å². The Morgan fingerprint density at radius 3 is 2.53 bits per heavy atom. The van der Waals surface area contributed by atoms with E-state index >= 15 is 0 Å². The third-order valence-corrected chi connectivity index (χ3v) is 2.94. The minimum absolute atomic E-state index is 0.272. The Bertz CT molecular complexity index is 305. The lowest BCUT2D eigenvalue weighted by atomic mass is 10.3. The van der Waals surface area contributed by atoms with Crippen molar-refractivity contribution in [2.75, 3.05) is 32.9 Å². The molecule has 3 aliphatic rings. The van der Waals surface area contributed by atoms with E-state index in [9.17, 15) is 0 Å². The number of allylic oxidation sites excluding steroid dienone is 6. The monoisotopic (exact) mass is 235 g/mol. The lowest BCUT2D eigenvalue weighted by Gasteiger charge is -2.22. The largest absolute Gasteiger partial charge is 0.379 e. The third-order valence-electron chi connectivity index (χ3n) is 2.94. The van der Waals surface area contributed by atoms with Crippen LogP contribution in [0.1, 0.15) is 13.3 Å². The molecule has 3 heteroatoms. The molecule has 0 saturated carbocycles. The number of fused-ring (bicyclic) bond motifs is 2. The fourth-order valence-electron chi connectivity index (χ4n) is 1.99. The number of ether oxygens (including phenoxy) is 2. The van der Waals surface area contributed by atoms with E-state index in [4.69, 9.17) is 9.47 Å². The van der Waals surface area contributed by atoms with Crippen LogP contribution >= 0.6 is 0 Å². The van der Waals surface area contributed by atoms with E-state index in [2.05, 4.69) is 29.6 Å². The standard InChI is InChI=1S/C7H15NO2.C7H6/c1-2-9-6-7-5-8-3-4-10-7;1-2-7-4-3-6(1)5-7/h7-8H,2-6H2,1H3;1-4H,5H2. The van der Waals surface area contributed by atoms with Crippen LogP contribution in [0.15, 0.2) is 35.5 Å². The first kappa shape index (κ1) is 12.6. The van der Waals surface area contributed by atoms with Gasteiger partial charge in [0.2, 0.25) is 0 Å². The number of hydrogen-bond donors (Lipinski definition) is 1. The Morgan fingerprint density at radius 2 is 2.12 bits per heavy atom. The molecule has 17 heavy (non-hydrogen) atoms. The van der Waals surface area contributed by atoms with Gasteiger partial charge >= 0.3 is 0 Å². The van der Waals surface area contributed by atoms with Gasteiger partial charge in [-0.2, -0.15) is 0 Å². The van der Waals surface area contributed by atoms with Gasteiger partial charge in [0.15, 0.2) is 0 Å². The minimum atomic E-state index is 0.272. The highest BCUT2D eigenvalue weighted by Gasteiger charge is 2.12. The highest BCUT2D eigenvalue weighted by Crippen LogP contribution is 2.27. The van der Waals surface area contributed by atoms with Crippen molar-refractivity contribution in [3.8, 4) is 0 Å². The summed E-state index contributed by atoms with van der Waals surface area (Å²) in [4.78, 5) is 0. The topological polar surface area (TPSA) is 30.5 Å². The van der Waals surface area contributed by atoms with Crippen molar-refractivity contribution in [2.45, 2.75) is 19.4 Å². The molecule has 3 rings (SSSR count). The van der Waals surface area contributed by atoms with Crippen molar-refractivity contribution < 1.29 is 9.47 Å². The van der Waals surface area contributed by atoms with E-state index in [1.807, 2.05) is 6.92 Å². The van der Waals surface area contributed by atoms with Gasteiger partial charge in [0, 0.05) is 19.7 Å². The molecule has 3 nitrogen and oxygen atoms in total. The summed E-state index contributed by atoms with van der Waals surface area (Å²) < 4.78 is 10.6. The minimum Gasteiger partial charge on any atom is -0.379 e. The second kappa shape index (κ2) is 6.74. The van der Waals surface area contributed by atoms with Crippen LogP contribution in [0.2, 0.25) is 0 Å². The average molecular weight is 235 g/mol. The van der Waals surface area contributed by atoms with Crippen LogP contribution in [-0.2, 0) is 9.47 Å². The van der Waals surface area contributed by atoms with Gasteiger partial charge < -0.3 is 14.8 Å². The predicted octanol–water partition coefficient (Wildman–Crippen LogP) is 1.82. The maximum atomic E-state index is 5.39. The molecule has 0 aromatic carbocycles. The van der Waals surface area contributed by atoms with E-state index in [0.29, 0.717) is 0 Å². The zero-order chi connectivity index (χ0) is 11.9. The second-order valence-corrected chi connectivity index (χ2v) is 4.35. The predicted molar refractivity (Wildman–Crippen MR) is 69.0 cm³/mol. The van der Waals surface area contributed by atoms with Gasteiger partial charge in [0.25, 0.3) is 0 Å². The lowest BCUT2D eigenvalue weighted by Crippen LogP contribution is -2.40. The number of hydrogen-bond acceptors (Lipinski definition) is 3. The lowest BCUT2D eigenvalue weighted by molar-refractivity contribution is -0.0287. The molecule has 0 amide bonds. The SMILES string of the molecule is C1=CC2=CC=C1C2.CCOCC1CNCCO1. The summed E-state index contributed by atoms with van der Waals surface area (Å²) in [5.41, 5.74) is 2.94. The molecular weight excluding hydrogens is 214 g/mol. The van der Waals surface area contributed by atoms with E-state index < -0.39 is 0 Å². The van der Waals surface area contributed by atoms with Crippen LogP contribution in [-0.4, -0.2) is 39.0 Å². The van der Waals surface area contributed by atoms with Crippen LogP contribution in [0.3, 0.4) is 0 Å². The highest BCUT2D eigenvalue weighted by atomic mass is 16.5. The molecule has 1 fully saturated rings. The van der Waals surface area contributed by atoms with Gasteiger partial charge in [-0.1, -0.05) is 24.3 Å². The van der Waals surface area contributed by atoms with Crippen molar-refractivity contribution >= 4 is 0 Å². The first-order valence-corrected chi connectivity index (χ1v) is 6.36. The number of rotatable bonds is 3. The average Bonchev–Trinajstić information content (AvgIpc) is 3.03. The Hall–Kier alpha value is -0.900. The van der Waals surface area contributed by atoms with Gasteiger partial charge in [-0.15, -0.1) is 0 Å². The molecule has 1 unspecified atom stereocenters. The van der Waals surface area contributed by atoms with E-state index in [-0.39, 0.29) is 6.10 Å². The molecule has 0 aromatic rings. The Kier molecular flexibility index (Phi) is 4.98. The molecule has 0 radical (unpaired) electrons. The maximum Gasteiger partial charge on any atom is 0.0933 e. The van der Waals surface area contributed by atoms with Gasteiger partial charge in [0.05, 0.1) is 19.3 Å². The number of morpholine rings is 1. The summed E-state index contributed by atoms with van der Waals surface area (Å²) in [6.45, 7) is 6.22.